The molecule has 76 valence electrons. The lowest BCUT2D eigenvalue weighted by Crippen LogP contribution is -2.24. The summed E-state index contributed by atoms with van der Waals surface area (Å²) in [7, 11) is 0. The predicted molar refractivity (Wildman–Crippen MR) is 57.2 cm³/mol. The van der Waals surface area contributed by atoms with E-state index in [0.717, 1.165) is 12.0 Å². The first kappa shape index (κ1) is 9.53. The van der Waals surface area contributed by atoms with Crippen molar-refractivity contribution < 1.29 is 5.11 Å². The highest BCUT2D eigenvalue weighted by atomic mass is 16.3. The molecule has 2 nitrogen and oxygen atoms in total. The Morgan fingerprint density at radius 3 is 2.43 bits per heavy atom. The number of phenols is 1. The van der Waals surface area contributed by atoms with Gasteiger partial charge in [0.15, 0.2) is 0 Å². The minimum atomic E-state index is 0.0192. The van der Waals surface area contributed by atoms with E-state index >= 15 is 0 Å². The highest BCUT2D eigenvalue weighted by molar-refractivity contribution is 5.45. The Labute approximate surface area is 84.7 Å². The van der Waals surface area contributed by atoms with Crippen LogP contribution in [-0.4, -0.2) is 11.1 Å². The average Bonchev–Trinajstić information content (AvgIpc) is 2.79. The molecule has 0 bridgehead atoms. The summed E-state index contributed by atoms with van der Waals surface area (Å²) in [6.07, 6.45) is 0.988. The van der Waals surface area contributed by atoms with Gasteiger partial charge in [-0.05, 0) is 18.4 Å². The largest absolute Gasteiger partial charge is 0.508 e. The van der Waals surface area contributed by atoms with Gasteiger partial charge in [-0.25, -0.2) is 0 Å². The van der Waals surface area contributed by atoms with Crippen LogP contribution in [0.15, 0.2) is 24.3 Å². The van der Waals surface area contributed by atoms with Crippen LogP contribution in [0.1, 0.15) is 25.8 Å². The molecule has 0 aromatic heterocycles. The van der Waals surface area contributed by atoms with Crippen LogP contribution in [0.4, 0.5) is 0 Å². The molecule has 0 radical (unpaired) electrons. The van der Waals surface area contributed by atoms with Crippen molar-refractivity contribution in [3.63, 3.8) is 0 Å². The fraction of sp³-hybridized carbons (Fsp3) is 0.500. The van der Waals surface area contributed by atoms with E-state index in [4.69, 9.17) is 5.73 Å². The van der Waals surface area contributed by atoms with Crippen LogP contribution >= 0.6 is 0 Å². The first-order valence-corrected chi connectivity index (χ1v) is 5.13. The van der Waals surface area contributed by atoms with Gasteiger partial charge in [-0.2, -0.15) is 0 Å². The topological polar surface area (TPSA) is 46.2 Å². The minimum absolute atomic E-state index is 0.0192. The van der Waals surface area contributed by atoms with Crippen LogP contribution in [0.25, 0.3) is 0 Å². The smallest absolute Gasteiger partial charge is 0.119 e. The maximum absolute atomic E-state index is 9.80. The van der Waals surface area contributed by atoms with Crippen LogP contribution in [-0.2, 0) is 5.41 Å². The number of nitrogens with two attached hydrogens (primary N) is 1. The normalized spacial score (nSPS) is 30.7. The summed E-state index contributed by atoms with van der Waals surface area (Å²) >= 11 is 0. The van der Waals surface area contributed by atoms with Crippen molar-refractivity contribution in [1.29, 1.82) is 0 Å². The standard InChI is InChI=1S/C12H17NO/c1-8(2)12(7-11(12)13)9-5-3-4-6-10(9)14/h3-6,8,11,14H,7,13H2,1-2H3. The van der Waals surface area contributed by atoms with E-state index in [-0.39, 0.29) is 11.5 Å². The molecule has 2 rings (SSSR count). The second kappa shape index (κ2) is 2.99. The van der Waals surface area contributed by atoms with Gasteiger partial charge < -0.3 is 10.8 Å². The zero-order valence-electron chi connectivity index (χ0n) is 8.70. The Hall–Kier alpha value is -1.02. The van der Waals surface area contributed by atoms with Crippen molar-refractivity contribution in [3.8, 4) is 5.75 Å². The molecule has 2 unspecified atom stereocenters. The van der Waals surface area contributed by atoms with Gasteiger partial charge in [0.05, 0.1) is 0 Å². The summed E-state index contributed by atoms with van der Waals surface area (Å²) in [6, 6.07) is 7.74. The zero-order valence-corrected chi connectivity index (χ0v) is 8.70. The number of aromatic hydroxyl groups is 1. The molecule has 0 amide bonds. The lowest BCUT2D eigenvalue weighted by atomic mass is 9.83. The molecule has 1 saturated carbocycles. The summed E-state index contributed by atoms with van der Waals surface area (Å²) in [6.45, 7) is 4.33. The first-order valence-electron chi connectivity index (χ1n) is 5.13. The van der Waals surface area contributed by atoms with Crippen LogP contribution in [0.3, 0.4) is 0 Å². The van der Waals surface area contributed by atoms with Crippen molar-refractivity contribution in [1.82, 2.24) is 0 Å². The average molecular weight is 191 g/mol. The number of phenolic OH excluding ortho intramolecular Hbond substituents is 1. The van der Waals surface area contributed by atoms with Gasteiger partial charge in [-0.15, -0.1) is 0 Å². The van der Waals surface area contributed by atoms with E-state index < -0.39 is 0 Å². The van der Waals surface area contributed by atoms with Crippen LogP contribution in [0.5, 0.6) is 5.75 Å². The van der Waals surface area contributed by atoms with Gasteiger partial charge in [0, 0.05) is 17.0 Å². The van der Waals surface area contributed by atoms with Crippen molar-refractivity contribution in [2.24, 2.45) is 11.7 Å². The van der Waals surface area contributed by atoms with Crippen molar-refractivity contribution in [3.05, 3.63) is 29.8 Å². The summed E-state index contributed by atoms with van der Waals surface area (Å²) in [5.41, 5.74) is 7.03. The molecule has 1 aliphatic rings. The Morgan fingerprint density at radius 1 is 1.43 bits per heavy atom. The van der Waals surface area contributed by atoms with E-state index in [1.807, 2.05) is 18.2 Å². The minimum Gasteiger partial charge on any atom is -0.508 e. The molecule has 0 spiro atoms. The SMILES string of the molecule is CC(C)C1(c2ccccc2O)CC1N. The highest BCUT2D eigenvalue weighted by Crippen LogP contribution is 2.54. The van der Waals surface area contributed by atoms with E-state index in [0.29, 0.717) is 11.7 Å². The summed E-state index contributed by atoms with van der Waals surface area (Å²) in [5, 5.41) is 9.80. The molecular formula is C12H17NO. The third-order valence-corrected chi connectivity index (χ3v) is 3.49. The van der Waals surface area contributed by atoms with E-state index in [9.17, 15) is 5.11 Å². The van der Waals surface area contributed by atoms with Crippen molar-refractivity contribution in [2.45, 2.75) is 31.7 Å². The summed E-state index contributed by atoms with van der Waals surface area (Å²) in [5.74, 6) is 0.861. The van der Waals surface area contributed by atoms with Gasteiger partial charge >= 0.3 is 0 Å². The third-order valence-electron chi connectivity index (χ3n) is 3.49. The van der Waals surface area contributed by atoms with Gasteiger partial charge in [0.2, 0.25) is 0 Å². The maximum Gasteiger partial charge on any atom is 0.119 e. The second-order valence-electron chi connectivity index (χ2n) is 4.52. The summed E-state index contributed by atoms with van der Waals surface area (Å²) < 4.78 is 0. The number of rotatable bonds is 2. The Balaban J connectivity index is 2.44. The molecule has 14 heavy (non-hydrogen) atoms. The molecule has 1 aliphatic carbocycles. The van der Waals surface area contributed by atoms with Crippen LogP contribution in [0, 0.1) is 5.92 Å². The maximum atomic E-state index is 9.80. The molecule has 1 aromatic carbocycles. The van der Waals surface area contributed by atoms with Gasteiger partial charge in [-0.1, -0.05) is 32.0 Å². The Kier molecular flexibility index (Phi) is 2.04. The number of benzene rings is 1. The van der Waals surface area contributed by atoms with Crippen molar-refractivity contribution >= 4 is 0 Å². The number of hydrogen-bond donors (Lipinski definition) is 2. The predicted octanol–water partition coefficient (Wildman–Crippen LogP) is 2.02. The lowest BCUT2D eigenvalue weighted by molar-refractivity contribution is 0.418. The fourth-order valence-electron chi connectivity index (χ4n) is 2.46. The molecule has 0 aliphatic heterocycles. The van der Waals surface area contributed by atoms with Crippen LogP contribution < -0.4 is 5.73 Å². The molecule has 1 fully saturated rings. The molecular weight excluding hydrogens is 174 g/mol. The van der Waals surface area contributed by atoms with Gasteiger partial charge in [-0.3, -0.25) is 0 Å². The van der Waals surface area contributed by atoms with E-state index in [2.05, 4.69) is 13.8 Å². The Morgan fingerprint density at radius 2 is 2.00 bits per heavy atom. The molecule has 0 saturated heterocycles. The molecule has 3 N–H and O–H groups in total. The number of para-hydroxylation sites is 1. The third kappa shape index (κ3) is 1.14. The molecule has 0 heterocycles. The van der Waals surface area contributed by atoms with Crippen molar-refractivity contribution in [2.75, 3.05) is 0 Å². The van der Waals surface area contributed by atoms with Crippen LogP contribution in [0.2, 0.25) is 0 Å². The molecule has 2 heteroatoms. The Bertz CT molecular complexity index is 348. The number of hydrogen-bond acceptors (Lipinski definition) is 2. The zero-order chi connectivity index (χ0) is 10.3. The van der Waals surface area contributed by atoms with Gasteiger partial charge in [0.1, 0.15) is 5.75 Å². The second-order valence-corrected chi connectivity index (χ2v) is 4.52. The summed E-state index contributed by atoms with van der Waals surface area (Å²) in [4.78, 5) is 0. The van der Waals surface area contributed by atoms with E-state index in [1.54, 1.807) is 6.07 Å². The quantitative estimate of drug-likeness (QED) is 0.751. The molecule has 2 atom stereocenters. The van der Waals surface area contributed by atoms with E-state index in [1.165, 1.54) is 0 Å². The molecule has 1 aromatic rings. The fourth-order valence-corrected chi connectivity index (χ4v) is 2.46. The monoisotopic (exact) mass is 191 g/mol. The first-order chi connectivity index (χ1) is 6.59. The highest BCUT2D eigenvalue weighted by Gasteiger charge is 2.56. The van der Waals surface area contributed by atoms with Gasteiger partial charge in [0.25, 0.3) is 0 Å². The lowest BCUT2D eigenvalue weighted by Gasteiger charge is -2.22.